The van der Waals surface area contributed by atoms with Crippen molar-refractivity contribution in [3.63, 3.8) is 0 Å². The van der Waals surface area contributed by atoms with Crippen LogP contribution in [0.15, 0.2) is 43.0 Å². The van der Waals surface area contributed by atoms with Gasteiger partial charge in [0.05, 0.1) is 6.10 Å². The van der Waals surface area contributed by atoms with Gasteiger partial charge in [-0.3, -0.25) is 19.2 Å². The lowest BCUT2D eigenvalue weighted by molar-refractivity contribution is -0.345. The Bertz CT molecular complexity index is 1130. The van der Waals surface area contributed by atoms with Crippen LogP contribution in [0.3, 0.4) is 0 Å². The van der Waals surface area contributed by atoms with Crippen LogP contribution in [0.25, 0.3) is 0 Å². The molecule has 1 aromatic heterocycles. The molecule has 1 aliphatic rings. The standard InChI is InChI=1S/C23H22ClF7N4O4/c1-21(13-10-32-12-33-11-13,20(37)34-14-2-6-16(7-3-14)38-22(26,27)28)35(19(36)18(24)25)15-4-8-17(9-5-15)39-23(29,30)31/h4-5,8-12,14,16,18H,2-3,6-7H2,1H3,(H,34,37)/t14-,16+,18-,21+/m0/s1. The fraction of sp³-hybridized carbons (Fsp3) is 0.478. The molecule has 1 saturated carbocycles. The molecule has 8 nitrogen and oxygen atoms in total. The number of halogens is 8. The van der Waals surface area contributed by atoms with Gasteiger partial charge in [0, 0.05) is 29.7 Å². The van der Waals surface area contributed by atoms with Gasteiger partial charge in [0.15, 0.2) is 5.54 Å². The van der Waals surface area contributed by atoms with Crippen molar-refractivity contribution in [2.45, 2.75) is 68.6 Å². The van der Waals surface area contributed by atoms with Gasteiger partial charge in [-0.1, -0.05) is 11.6 Å². The van der Waals surface area contributed by atoms with Gasteiger partial charge in [0.25, 0.3) is 17.4 Å². The minimum Gasteiger partial charge on any atom is -0.406 e. The number of benzene rings is 1. The van der Waals surface area contributed by atoms with E-state index in [1.807, 2.05) is 0 Å². The second kappa shape index (κ2) is 11.9. The van der Waals surface area contributed by atoms with Crippen molar-refractivity contribution in [1.29, 1.82) is 0 Å². The zero-order chi connectivity index (χ0) is 29.0. The van der Waals surface area contributed by atoms with Gasteiger partial charge in [-0.15, -0.1) is 26.3 Å². The highest BCUT2D eigenvalue weighted by Gasteiger charge is 2.48. The topological polar surface area (TPSA) is 93.6 Å². The predicted octanol–water partition coefficient (Wildman–Crippen LogP) is 5.12. The Balaban J connectivity index is 1.95. The van der Waals surface area contributed by atoms with Crippen molar-refractivity contribution in [2.75, 3.05) is 4.90 Å². The minimum absolute atomic E-state index is 0.0159. The largest absolute Gasteiger partial charge is 0.573 e. The Morgan fingerprint density at radius 2 is 1.56 bits per heavy atom. The molecule has 0 radical (unpaired) electrons. The van der Waals surface area contributed by atoms with Crippen LogP contribution >= 0.6 is 11.6 Å². The van der Waals surface area contributed by atoms with Crippen molar-refractivity contribution in [3.05, 3.63) is 48.5 Å². The molecule has 39 heavy (non-hydrogen) atoms. The molecule has 3 rings (SSSR count). The molecular weight excluding hydrogens is 565 g/mol. The SMILES string of the molecule is C[C@](C(=O)N[C@H]1CC[C@@H](OC(F)(F)F)CC1)(c1cncnc1)N(C(=O)[C@H](F)Cl)c1ccc(OC(F)(F)F)cc1. The maximum absolute atomic E-state index is 14.2. The molecule has 0 saturated heterocycles. The smallest absolute Gasteiger partial charge is 0.406 e. The first-order valence-electron chi connectivity index (χ1n) is 11.4. The Hall–Kier alpha value is -3.20. The van der Waals surface area contributed by atoms with E-state index in [0.717, 1.165) is 30.6 Å². The van der Waals surface area contributed by atoms with E-state index in [4.69, 9.17) is 11.6 Å². The van der Waals surface area contributed by atoms with Gasteiger partial charge in [0.2, 0.25) is 0 Å². The number of ether oxygens (including phenoxy) is 2. The number of aromatic nitrogens is 2. The third kappa shape index (κ3) is 7.91. The summed E-state index contributed by atoms with van der Waals surface area (Å²) >= 11 is 5.45. The summed E-state index contributed by atoms with van der Waals surface area (Å²) < 4.78 is 97.5. The molecule has 1 N–H and O–H groups in total. The maximum Gasteiger partial charge on any atom is 0.573 e. The molecule has 2 atom stereocenters. The third-order valence-electron chi connectivity index (χ3n) is 6.06. The van der Waals surface area contributed by atoms with Crippen molar-refractivity contribution >= 4 is 29.1 Å². The average molecular weight is 587 g/mol. The summed E-state index contributed by atoms with van der Waals surface area (Å²) in [5.74, 6) is -2.96. The first kappa shape index (κ1) is 30.3. The van der Waals surface area contributed by atoms with E-state index < -0.39 is 53.6 Å². The van der Waals surface area contributed by atoms with Crippen LogP contribution in [0.5, 0.6) is 5.75 Å². The number of amides is 2. The number of nitrogens with one attached hydrogen (secondary N) is 1. The quantitative estimate of drug-likeness (QED) is 0.341. The molecule has 0 aliphatic heterocycles. The molecule has 2 aromatic rings. The van der Waals surface area contributed by atoms with E-state index in [2.05, 4.69) is 24.8 Å². The van der Waals surface area contributed by atoms with E-state index in [0.29, 0.717) is 4.90 Å². The van der Waals surface area contributed by atoms with Crippen LogP contribution in [0.1, 0.15) is 38.2 Å². The van der Waals surface area contributed by atoms with Crippen molar-refractivity contribution in [1.82, 2.24) is 15.3 Å². The molecular formula is C23H22ClF7N4O4. The van der Waals surface area contributed by atoms with Gasteiger partial charge < -0.3 is 10.1 Å². The number of nitrogens with zero attached hydrogens (tertiary/aromatic N) is 3. The number of alkyl halides is 8. The number of carbonyl (C=O) groups excluding carboxylic acids is 2. The number of anilines is 1. The fourth-order valence-electron chi connectivity index (χ4n) is 4.25. The van der Waals surface area contributed by atoms with Crippen LogP contribution < -0.4 is 15.0 Å². The summed E-state index contributed by atoms with van der Waals surface area (Å²) in [4.78, 5) is 35.1. The first-order chi connectivity index (χ1) is 18.1. The molecule has 1 heterocycles. The van der Waals surface area contributed by atoms with Crippen molar-refractivity contribution in [2.24, 2.45) is 0 Å². The molecule has 0 spiro atoms. The summed E-state index contributed by atoms with van der Waals surface area (Å²) in [7, 11) is 0. The Morgan fingerprint density at radius 1 is 1.00 bits per heavy atom. The van der Waals surface area contributed by atoms with Gasteiger partial charge in [-0.25, -0.2) is 14.4 Å². The third-order valence-corrected chi connectivity index (χ3v) is 6.24. The highest BCUT2D eigenvalue weighted by molar-refractivity contribution is 6.32. The van der Waals surface area contributed by atoms with Crippen LogP contribution in [0, 0.1) is 0 Å². The maximum atomic E-state index is 14.2. The van der Waals surface area contributed by atoms with Gasteiger partial charge in [0.1, 0.15) is 12.1 Å². The molecule has 214 valence electrons. The molecule has 1 aromatic carbocycles. The molecule has 0 unspecified atom stereocenters. The van der Waals surface area contributed by atoms with E-state index in [1.165, 1.54) is 19.3 Å². The predicted molar refractivity (Wildman–Crippen MR) is 122 cm³/mol. The van der Waals surface area contributed by atoms with Crippen LogP contribution in [-0.4, -0.2) is 52.3 Å². The summed E-state index contributed by atoms with van der Waals surface area (Å²) in [5.41, 5.74) is -5.01. The fourth-order valence-corrected chi connectivity index (χ4v) is 4.35. The second-order valence-electron chi connectivity index (χ2n) is 8.73. The molecule has 1 fully saturated rings. The monoisotopic (exact) mass is 586 g/mol. The number of rotatable bonds is 8. The summed E-state index contributed by atoms with van der Waals surface area (Å²) in [6.07, 6.45) is -7.27. The highest BCUT2D eigenvalue weighted by atomic mass is 35.5. The molecule has 0 bridgehead atoms. The van der Waals surface area contributed by atoms with Crippen molar-refractivity contribution < 1.29 is 49.8 Å². The van der Waals surface area contributed by atoms with Gasteiger partial charge in [-0.2, -0.15) is 0 Å². The average Bonchev–Trinajstić information content (AvgIpc) is 2.84. The first-order valence-corrected chi connectivity index (χ1v) is 11.8. The minimum atomic E-state index is -5.00. The lowest BCUT2D eigenvalue weighted by Crippen LogP contribution is -2.60. The summed E-state index contributed by atoms with van der Waals surface area (Å²) in [5, 5.41) is 2.66. The van der Waals surface area contributed by atoms with Crippen LogP contribution in [0.2, 0.25) is 0 Å². The Kier molecular flexibility index (Phi) is 9.26. The van der Waals surface area contributed by atoms with E-state index >= 15 is 0 Å². The van der Waals surface area contributed by atoms with E-state index in [1.54, 1.807) is 0 Å². The van der Waals surface area contributed by atoms with E-state index in [9.17, 15) is 40.3 Å². The Labute approximate surface area is 222 Å². The number of hydrogen-bond acceptors (Lipinski definition) is 6. The summed E-state index contributed by atoms with van der Waals surface area (Å²) in [6.45, 7) is 1.22. The number of carbonyl (C=O) groups is 2. The zero-order valence-electron chi connectivity index (χ0n) is 20.1. The second-order valence-corrected chi connectivity index (χ2v) is 9.11. The molecule has 2 amide bonds. The molecule has 16 heteroatoms. The van der Waals surface area contributed by atoms with Crippen molar-refractivity contribution in [3.8, 4) is 5.75 Å². The highest BCUT2D eigenvalue weighted by Crippen LogP contribution is 2.37. The van der Waals surface area contributed by atoms with Crippen LogP contribution in [0.4, 0.5) is 36.4 Å². The van der Waals surface area contributed by atoms with Gasteiger partial charge >= 0.3 is 12.7 Å². The lowest BCUT2D eigenvalue weighted by atomic mass is 9.87. The lowest BCUT2D eigenvalue weighted by Gasteiger charge is -2.41. The van der Waals surface area contributed by atoms with Gasteiger partial charge in [-0.05, 0) is 56.9 Å². The van der Waals surface area contributed by atoms with E-state index in [-0.39, 0.29) is 36.9 Å². The normalized spacial score (nSPS) is 20.4. The number of hydrogen-bond donors (Lipinski definition) is 1. The Morgan fingerprint density at radius 3 is 2.05 bits per heavy atom. The summed E-state index contributed by atoms with van der Waals surface area (Å²) in [6, 6.07) is 3.06. The molecule has 1 aliphatic carbocycles. The van der Waals surface area contributed by atoms with Crippen LogP contribution in [-0.2, 0) is 19.9 Å². The zero-order valence-corrected chi connectivity index (χ0v) is 20.9.